The Labute approximate surface area is 95.8 Å². The Hall–Kier alpha value is -1.21. The summed E-state index contributed by atoms with van der Waals surface area (Å²) in [5.74, 6) is 0. The van der Waals surface area contributed by atoms with Gasteiger partial charge in [-0.25, -0.2) is 0 Å². The van der Waals surface area contributed by atoms with Crippen molar-refractivity contribution >= 4 is 11.6 Å². The van der Waals surface area contributed by atoms with Crippen LogP contribution in [0.25, 0.3) is 0 Å². The Kier molecular flexibility index (Phi) is 2.39. The van der Waals surface area contributed by atoms with E-state index in [2.05, 4.69) is 5.32 Å². The molecule has 1 fully saturated rings. The van der Waals surface area contributed by atoms with Gasteiger partial charge >= 0.3 is 0 Å². The summed E-state index contributed by atoms with van der Waals surface area (Å²) in [7, 11) is 0. The standard InChI is InChI=1S/C8H10ClN3O4/c9-6-1-2-7(11(13)14)3-8(6,12(15)16)5-10-4-7/h1,10H,2-5H2. The summed E-state index contributed by atoms with van der Waals surface area (Å²) >= 11 is 5.86. The van der Waals surface area contributed by atoms with Crippen LogP contribution in [0.15, 0.2) is 11.1 Å². The first-order valence-corrected chi connectivity index (χ1v) is 5.17. The van der Waals surface area contributed by atoms with Crippen molar-refractivity contribution in [2.45, 2.75) is 23.9 Å². The molecule has 2 aliphatic rings. The first-order valence-electron chi connectivity index (χ1n) is 4.79. The average Bonchev–Trinajstić information content (AvgIpc) is 2.24. The maximum absolute atomic E-state index is 11.1. The van der Waals surface area contributed by atoms with Crippen molar-refractivity contribution in [1.82, 2.24) is 5.32 Å². The van der Waals surface area contributed by atoms with Gasteiger partial charge in [0.1, 0.15) is 0 Å². The van der Waals surface area contributed by atoms with E-state index in [0.29, 0.717) is 0 Å². The quantitative estimate of drug-likeness (QED) is 0.567. The lowest BCUT2D eigenvalue weighted by atomic mass is 9.73. The lowest BCUT2D eigenvalue weighted by Crippen LogP contribution is -2.66. The molecule has 0 aromatic heterocycles. The molecule has 0 amide bonds. The molecule has 0 aromatic rings. The van der Waals surface area contributed by atoms with Crippen LogP contribution in [0.2, 0.25) is 0 Å². The van der Waals surface area contributed by atoms with E-state index in [0.717, 1.165) is 0 Å². The van der Waals surface area contributed by atoms with Crippen molar-refractivity contribution in [3.05, 3.63) is 31.3 Å². The van der Waals surface area contributed by atoms with Gasteiger partial charge in [-0.1, -0.05) is 17.7 Å². The van der Waals surface area contributed by atoms with Crippen molar-refractivity contribution in [2.24, 2.45) is 0 Å². The zero-order valence-corrected chi connectivity index (χ0v) is 9.07. The summed E-state index contributed by atoms with van der Waals surface area (Å²) < 4.78 is 0. The van der Waals surface area contributed by atoms with E-state index in [-0.39, 0.29) is 31.0 Å². The van der Waals surface area contributed by atoms with Gasteiger partial charge in [-0.15, -0.1) is 0 Å². The number of piperidine rings is 1. The summed E-state index contributed by atoms with van der Waals surface area (Å²) in [6.07, 6.45) is 1.42. The molecule has 0 saturated carbocycles. The van der Waals surface area contributed by atoms with Crippen LogP contribution in [0, 0.1) is 20.2 Å². The van der Waals surface area contributed by atoms with Crippen LogP contribution in [-0.4, -0.2) is 34.0 Å². The molecule has 0 aromatic carbocycles. The Balaban J connectivity index is 2.48. The Morgan fingerprint density at radius 3 is 2.56 bits per heavy atom. The highest BCUT2D eigenvalue weighted by atomic mass is 35.5. The third-order valence-electron chi connectivity index (χ3n) is 3.34. The maximum Gasteiger partial charge on any atom is 0.276 e. The van der Waals surface area contributed by atoms with Gasteiger partial charge in [0.2, 0.25) is 5.54 Å². The van der Waals surface area contributed by atoms with Crippen molar-refractivity contribution < 1.29 is 9.85 Å². The minimum Gasteiger partial charge on any atom is -0.303 e. The Morgan fingerprint density at radius 2 is 2.00 bits per heavy atom. The van der Waals surface area contributed by atoms with Gasteiger partial charge in [-0.05, 0) is 0 Å². The number of fused-ring (bicyclic) bond motifs is 2. The van der Waals surface area contributed by atoms with Crippen molar-refractivity contribution in [3.63, 3.8) is 0 Å². The van der Waals surface area contributed by atoms with E-state index in [1.54, 1.807) is 0 Å². The highest BCUT2D eigenvalue weighted by Crippen LogP contribution is 2.42. The van der Waals surface area contributed by atoms with Crippen LogP contribution >= 0.6 is 11.6 Å². The number of hydrogen-bond donors (Lipinski definition) is 1. The molecular formula is C8H10ClN3O4. The molecule has 1 heterocycles. The molecule has 88 valence electrons. The van der Waals surface area contributed by atoms with Crippen molar-refractivity contribution in [2.75, 3.05) is 13.1 Å². The summed E-state index contributed by atoms with van der Waals surface area (Å²) in [4.78, 5) is 21.2. The fraction of sp³-hybridized carbons (Fsp3) is 0.750. The van der Waals surface area contributed by atoms with Gasteiger partial charge in [-0.3, -0.25) is 20.2 Å². The molecule has 0 radical (unpaired) electrons. The largest absolute Gasteiger partial charge is 0.303 e. The van der Waals surface area contributed by atoms with Gasteiger partial charge in [0.15, 0.2) is 0 Å². The number of nitrogens with one attached hydrogen (secondary N) is 1. The summed E-state index contributed by atoms with van der Waals surface area (Å²) in [6, 6.07) is 0. The highest BCUT2D eigenvalue weighted by molar-refractivity contribution is 6.30. The molecule has 2 unspecified atom stereocenters. The second kappa shape index (κ2) is 3.39. The summed E-state index contributed by atoms with van der Waals surface area (Å²) in [5, 5.41) is 25.0. The third-order valence-corrected chi connectivity index (χ3v) is 3.84. The average molecular weight is 248 g/mol. The minimum atomic E-state index is -1.52. The van der Waals surface area contributed by atoms with E-state index >= 15 is 0 Å². The van der Waals surface area contributed by atoms with Crippen LogP contribution in [0.4, 0.5) is 0 Å². The number of nitro groups is 2. The number of hydrogen-bond acceptors (Lipinski definition) is 5. The van der Waals surface area contributed by atoms with Crippen LogP contribution in [0.5, 0.6) is 0 Å². The molecule has 2 bridgehead atoms. The molecular weight excluding hydrogens is 238 g/mol. The van der Waals surface area contributed by atoms with E-state index in [1.807, 2.05) is 0 Å². The van der Waals surface area contributed by atoms with E-state index in [9.17, 15) is 20.2 Å². The van der Waals surface area contributed by atoms with Crippen molar-refractivity contribution in [1.29, 1.82) is 0 Å². The predicted molar refractivity (Wildman–Crippen MR) is 55.5 cm³/mol. The molecule has 16 heavy (non-hydrogen) atoms. The van der Waals surface area contributed by atoms with Gasteiger partial charge in [0.05, 0.1) is 24.5 Å². The van der Waals surface area contributed by atoms with Crippen LogP contribution in [0.1, 0.15) is 12.8 Å². The first kappa shape index (κ1) is 11.3. The summed E-state index contributed by atoms with van der Waals surface area (Å²) in [6.45, 7) is 0.196. The third kappa shape index (κ3) is 1.31. The van der Waals surface area contributed by atoms with Crippen LogP contribution in [-0.2, 0) is 0 Å². The number of nitrogens with zero attached hydrogens (tertiary/aromatic N) is 2. The smallest absolute Gasteiger partial charge is 0.276 e. The topological polar surface area (TPSA) is 98.3 Å². The zero-order chi connectivity index (χ0) is 12.0. The predicted octanol–water partition coefficient (Wildman–Crippen LogP) is 0.537. The molecule has 2 rings (SSSR count). The van der Waals surface area contributed by atoms with E-state index < -0.39 is 20.9 Å². The normalized spacial score (nSPS) is 37.7. The lowest BCUT2D eigenvalue weighted by Gasteiger charge is -2.40. The second-order valence-corrected chi connectivity index (χ2v) is 4.71. The van der Waals surface area contributed by atoms with E-state index in [4.69, 9.17) is 11.6 Å². The number of halogens is 1. The monoisotopic (exact) mass is 247 g/mol. The molecule has 1 saturated heterocycles. The molecule has 8 heteroatoms. The zero-order valence-electron chi connectivity index (χ0n) is 8.31. The molecule has 0 spiro atoms. The first-order chi connectivity index (χ1) is 7.43. The molecule has 1 aliphatic carbocycles. The summed E-state index contributed by atoms with van der Waals surface area (Å²) in [5.41, 5.74) is -2.81. The SMILES string of the molecule is O=[N+]([O-])C12CC=C(Cl)C([N+](=O)[O-])(CNC1)C2. The van der Waals surface area contributed by atoms with Gasteiger partial charge < -0.3 is 5.32 Å². The van der Waals surface area contributed by atoms with Gasteiger partial charge in [0.25, 0.3) is 5.54 Å². The second-order valence-electron chi connectivity index (χ2n) is 4.31. The fourth-order valence-corrected chi connectivity index (χ4v) is 2.65. The van der Waals surface area contributed by atoms with Gasteiger partial charge in [-0.2, -0.15) is 0 Å². The molecule has 7 nitrogen and oxygen atoms in total. The lowest BCUT2D eigenvalue weighted by molar-refractivity contribution is -0.614. The Bertz CT molecular complexity index is 399. The van der Waals surface area contributed by atoms with Crippen molar-refractivity contribution in [3.8, 4) is 0 Å². The maximum atomic E-state index is 11.1. The van der Waals surface area contributed by atoms with Gasteiger partial charge in [0, 0.05) is 16.3 Å². The van der Waals surface area contributed by atoms with Crippen LogP contribution in [0.3, 0.4) is 0 Å². The minimum absolute atomic E-state index is 0.0466. The fourth-order valence-electron chi connectivity index (χ4n) is 2.37. The molecule has 1 aliphatic heterocycles. The Morgan fingerprint density at radius 1 is 1.31 bits per heavy atom. The number of rotatable bonds is 2. The van der Waals surface area contributed by atoms with E-state index in [1.165, 1.54) is 6.08 Å². The van der Waals surface area contributed by atoms with Crippen LogP contribution < -0.4 is 5.32 Å². The highest BCUT2D eigenvalue weighted by Gasteiger charge is 2.63. The molecule has 2 atom stereocenters. The molecule has 1 N–H and O–H groups in total.